The van der Waals surface area contributed by atoms with Crippen molar-refractivity contribution in [2.75, 3.05) is 17.4 Å². The maximum atomic E-state index is 6.26. The standard InChI is InChI=1S/C23H24ClN3/c1-3-22(21-16-19(24)14-15-23(21)25-2)26-27(20-12-8-5-9-13-20)17-18-10-6-4-7-11-18/h4-16,25H,3,17H2,1-2H3/b26-22-. The van der Waals surface area contributed by atoms with E-state index in [-0.39, 0.29) is 0 Å². The molecule has 0 heterocycles. The summed E-state index contributed by atoms with van der Waals surface area (Å²) in [6.45, 7) is 2.81. The molecule has 3 aromatic carbocycles. The van der Waals surface area contributed by atoms with Crippen molar-refractivity contribution < 1.29 is 0 Å². The summed E-state index contributed by atoms with van der Waals surface area (Å²) in [4.78, 5) is 0. The summed E-state index contributed by atoms with van der Waals surface area (Å²) in [5.74, 6) is 0. The molecule has 0 aromatic heterocycles. The summed E-state index contributed by atoms with van der Waals surface area (Å²) in [7, 11) is 1.92. The van der Waals surface area contributed by atoms with Crippen LogP contribution in [0, 0.1) is 0 Å². The number of halogens is 1. The number of anilines is 2. The molecule has 0 spiro atoms. The predicted octanol–water partition coefficient (Wildman–Crippen LogP) is 6.20. The van der Waals surface area contributed by atoms with Crippen LogP contribution in [0.15, 0.2) is 84.0 Å². The molecule has 0 aliphatic carbocycles. The van der Waals surface area contributed by atoms with Gasteiger partial charge in [-0.25, -0.2) is 0 Å². The lowest BCUT2D eigenvalue weighted by Crippen LogP contribution is -2.19. The Balaban J connectivity index is 2.04. The van der Waals surface area contributed by atoms with E-state index in [0.29, 0.717) is 11.6 Å². The van der Waals surface area contributed by atoms with E-state index < -0.39 is 0 Å². The predicted molar refractivity (Wildman–Crippen MR) is 117 cm³/mol. The van der Waals surface area contributed by atoms with Crippen LogP contribution < -0.4 is 10.3 Å². The molecule has 3 aromatic rings. The third-order valence-electron chi connectivity index (χ3n) is 4.37. The molecular weight excluding hydrogens is 354 g/mol. The number of benzene rings is 3. The first-order chi connectivity index (χ1) is 13.2. The molecule has 0 fully saturated rings. The van der Waals surface area contributed by atoms with Crippen molar-refractivity contribution in [3.8, 4) is 0 Å². The Hall–Kier alpha value is -2.78. The van der Waals surface area contributed by atoms with Gasteiger partial charge in [-0.15, -0.1) is 0 Å². The second-order valence-electron chi connectivity index (χ2n) is 6.22. The topological polar surface area (TPSA) is 27.6 Å². The largest absolute Gasteiger partial charge is 0.388 e. The van der Waals surface area contributed by atoms with E-state index in [2.05, 4.69) is 53.6 Å². The fourth-order valence-corrected chi connectivity index (χ4v) is 3.15. The highest BCUT2D eigenvalue weighted by atomic mass is 35.5. The molecule has 0 saturated carbocycles. The summed E-state index contributed by atoms with van der Waals surface area (Å²) >= 11 is 6.26. The van der Waals surface area contributed by atoms with Crippen LogP contribution in [0.4, 0.5) is 11.4 Å². The van der Waals surface area contributed by atoms with Crippen LogP contribution in [0.5, 0.6) is 0 Å². The van der Waals surface area contributed by atoms with Gasteiger partial charge >= 0.3 is 0 Å². The van der Waals surface area contributed by atoms with Crippen molar-refractivity contribution in [3.63, 3.8) is 0 Å². The SMILES string of the molecule is CC/C(=N/N(Cc1ccccc1)c1ccccc1)c1cc(Cl)ccc1NC. The zero-order valence-corrected chi connectivity index (χ0v) is 16.4. The summed E-state index contributed by atoms with van der Waals surface area (Å²) < 4.78 is 0. The normalized spacial score (nSPS) is 11.3. The van der Waals surface area contributed by atoms with Crippen molar-refractivity contribution in [2.45, 2.75) is 19.9 Å². The van der Waals surface area contributed by atoms with Crippen LogP contribution in [0.3, 0.4) is 0 Å². The Morgan fingerprint density at radius 1 is 0.963 bits per heavy atom. The molecule has 1 N–H and O–H groups in total. The fourth-order valence-electron chi connectivity index (χ4n) is 2.97. The number of hydrogen-bond acceptors (Lipinski definition) is 3. The van der Waals surface area contributed by atoms with Gasteiger partial charge in [0.1, 0.15) is 0 Å². The Morgan fingerprint density at radius 3 is 2.26 bits per heavy atom. The highest BCUT2D eigenvalue weighted by Crippen LogP contribution is 2.24. The minimum absolute atomic E-state index is 0.698. The van der Waals surface area contributed by atoms with E-state index in [0.717, 1.165) is 29.1 Å². The van der Waals surface area contributed by atoms with Crippen molar-refractivity contribution in [2.24, 2.45) is 5.10 Å². The molecule has 0 unspecified atom stereocenters. The monoisotopic (exact) mass is 377 g/mol. The van der Waals surface area contributed by atoms with Crippen LogP contribution in [0.2, 0.25) is 5.02 Å². The van der Waals surface area contributed by atoms with Crippen LogP contribution in [-0.2, 0) is 6.54 Å². The Morgan fingerprint density at radius 2 is 1.63 bits per heavy atom. The molecule has 138 valence electrons. The van der Waals surface area contributed by atoms with E-state index in [1.165, 1.54) is 5.56 Å². The minimum Gasteiger partial charge on any atom is -0.388 e. The first-order valence-corrected chi connectivity index (χ1v) is 9.50. The lowest BCUT2D eigenvalue weighted by Gasteiger charge is -2.22. The summed E-state index contributed by atoms with van der Waals surface area (Å²) in [5.41, 5.74) is 5.30. The van der Waals surface area contributed by atoms with Gasteiger partial charge in [-0.05, 0) is 42.3 Å². The molecule has 0 radical (unpaired) electrons. The molecule has 0 aliphatic heterocycles. The average Bonchev–Trinajstić information content (AvgIpc) is 2.72. The van der Waals surface area contributed by atoms with Crippen LogP contribution in [0.25, 0.3) is 0 Å². The number of para-hydroxylation sites is 1. The zero-order valence-electron chi connectivity index (χ0n) is 15.7. The fraction of sp³-hybridized carbons (Fsp3) is 0.174. The van der Waals surface area contributed by atoms with E-state index in [1.807, 2.05) is 49.5 Å². The molecule has 3 nitrogen and oxygen atoms in total. The van der Waals surface area contributed by atoms with Gasteiger partial charge in [-0.1, -0.05) is 67.1 Å². The molecule has 3 rings (SSSR count). The summed E-state index contributed by atoms with van der Waals surface area (Å²) in [6.07, 6.45) is 0.799. The van der Waals surface area contributed by atoms with Gasteiger partial charge in [0.2, 0.25) is 0 Å². The smallest absolute Gasteiger partial charge is 0.0700 e. The number of nitrogens with zero attached hydrogens (tertiary/aromatic N) is 2. The molecule has 0 amide bonds. The van der Waals surface area contributed by atoms with E-state index >= 15 is 0 Å². The maximum absolute atomic E-state index is 6.26. The Bertz CT molecular complexity index is 892. The van der Waals surface area contributed by atoms with E-state index in [1.54, 1.807) is 0 Å². The minimum atomic E-state index is 0.698. The van der Waals surface area contributed by atoms with Crippen LogP contribution in [-0.4, -0.2) is 12.8 Å². The van der Waals surface area contributed by atoms with Gasteiger partial charge in [0, 0.05) is 23.3 Å². The lowest BCUT2D eigenvalue weighted by atomic mass is 10.1. The molecule has 0 saturated heterocycles. The third kappa shape index (κ3) is 4.89. The zero-order chi connectivity index (χ0) is 19.1. The second kappa shape index (κ2) is 9.24. The quantitative estimate of drug-likeness (QED) is 0.392. The highest BCUT2D eigenvalue weighted by molar-refractivity contribution is 6.31. The summed E-state index contributed by atoms with van der Waals surface area (Å²) in [6, 6.07) is 26.5. The van der Waals surface area contributed by atoms with Gasteiger partial charge < -0.3 is 5.32 Å². The number of nitrogens with one attached hydrogen (secondary N) is 1. The van der Waals surface area contributed by atoms with Gasteiger partial charge in [0.05, 0.1) is 17.9 Å². The van der Waals surface area contributed by atoms with Crippen molar-refractivity contribution >= 4 is 28.7 Å². The molecule has 0 aliphatic rings. The van der Waals surface area contributed by atoms with Crippen molar-refractivity contribution in [1.82, 2.24) is 0 Å². The third-order valence-corrected chi connectivity index (χ3v) is 4.60. The number of rotatable bonds is 7. The molecule has 4 heteroatoms. The summed E-state index contributed by atoms with van der Waals surface area (Å²) in [5, 5.41) is 11.0. The molecule has 0 bridgehead atoms. The maximum Gasteiger partial charge on any atom is 0.0700 e. The van der Waals surface area contributed by atoms with Gasteiger partial charge in [-0.2, -0.15) is 5.10 Å². The van der Waals surface area contributed by atoms with E-state index in [4.69, 9.17) is 16.7 Å². The van der Waals surface area contributed by atoms with Crippen molar-refractivity contribution in [1.29, 1.82) is 0 Å². The Labute approximate surface area is 166 Å². The van der Waals surface area contributed by atoms with Crippen molar-refractivity contribution in [3.05, 3.63) is 95.0 Å². The second-order valence-corrected chi connectivity index (χ2v) is 6.66. The average molecular weight is 378 g/mol. The van der Waals surface area contributed by atoms with Gasteiger partial charge in [0.15, 0.2) is 0 Å². The van der Waals surface area contributed by atoms with Crippen LogP contribution in [0.1, 0.15) is 24.5 Å². The Kier molecular flexibility index (Phi) is 6.50. The highest BCUT2D eigenvalue weighted by Gasteiger charge is 2.12. The lowest BCUT2D eigenvalue weighted by molar-refractivity contribution is 0.850. The first-order valence-electron chi connectivity index (χ1n) is 9.13. The number of hydrazone groups is 1. The number of hydrogen-bond donors (Lipinski definition) is 1. The molecule has 27 heavy (non-hydrogen) atoms. The van der Waals surface area contributed by atoms with Gasteiger partial charge in [0.25, 0.3) is 0 Å². The molecule has 0 atom stereocenters. The van der Waals surface area contributed by atoms with Crippen LogP contribution >= 0.6 is 11.6 Å². The van der Waals surface area contributed by atoms with E-state index in [9.17, 15) is 0 Å². The first kappa shape index (κ1) is 19.0. The van der Waals surface area contributed by atoms with Gasteiger partial charge in [-0.3, -0.25) is 5.01 Å². The molecular formula is C23H24ClN3.